The molecule has 1 fully saturated rings. The third-order valence-electron chi connectivity index (χ3n) is 6.56. The predicted octanol–water partition coefficient (Wildman–Crippen LogP) is 3.78. The number of hydrogen-bond acceptors (Lipinski definition) is 6. The molecule has 1 atom stereocenters. The molecule has 0 bridgehead atoms. The van der Waals surface area contributed by atoms with Gasteiger partial charge in [0.15, 0.2) is 17.8 Å². The lowest BCUT2D eigenvalue weighted by atomic mass is 10.1. The van der Waals surface area contributed by atoms with Crippen LogP contribution in [0.2, 0.25) is 0 Å². The molecule has 1 aliphatic rings. The smallest absolute Gasteiger partial charge is 0.288 e. The first-order valence-corrected chi connectivity index (χ1v) is 14.5. The van der Waals surface area contributed by atoms with Crippen LogP contribution in [0.4, 0.5) is 0 Å². The average Bonchev–Trinajstić information content (AvgIpc) is 2.91. The Morgan fingerprint density at radius 3 is 2.16 bits per heavy atom. The maximum absolute atomic E-state index is 13.8. The molecule has 0 aliphatic carbocycles. The monoisotopic (exact) mass is 546 g/mol. The lowest BCUT2D eigenvalue weighted by molar-refractivity contribution is 0.0758. The van der Waals surface area contributed by atoms with Crippen molar-refractivity contribution in [3.63, 3.8) is 0 Å². The van der Waals surface area contributed by atoms with Gasteiger partial charge in [0, 0.05) is 31.7 Å². The molecular weight excluding hydrogens is 506 g/mol. The van der Waals surface area contributed by atoms with Gasteiger partial charge in [-0.2, -0.15) is 4.55 Å². The summed E-state index contributed by atoms with van der Waals surface area (Å²) in [7, 11) is 1.68. The molecule has 0 radical (unpaired) electrons. The van der Waals surface area contributed by atoms with E-state index < -0.39 is 10.4 Å². The molecule has 1 unspecified atom stereocenters. The molecule has 1 aliphatic heterocycles. The maximum Gasteiger partial charge on any atom is 0.288 e. The summed E-state index contributed by atoms with van der Waals surface area (Å²) in [5.74, 6) is 1.18. The number of amides is 1. The van der Waals surface area contributed by atoms with E-state index in [0.717, 1.165) is 37.2 Å². The number of piperazine rings is 1. The summed E-state index contributed by atoms with van der Waals surface area (Å²) >= 11 is 0. The van der Waals surface area contributed by atoms with Crippen LogP contribution in [0.5, 0.6) is 17.2 Å². The lowest BCUT2D eigenvalue weighted by Crippen LogP contribution is -2.50. The molecule has 9 nitrogen and oxygen atoms in total. The van der Waals surface area contributed by atoms with Crippen LogP contribution < -0.4 is 14.2 Å². The molecule has 1 N–H and O–H groups in total. The molecule has 1 amide bonds. The second-order valence-electron chi connectivity index (χ2n) is 9.43. The zero-order chi connectivity index (χ0) is 27.7. The first-order valence-electron chi connectivity index (χ1n) is 12.7. The van der Waals surface area contributed by atoms with E-state index in [2.05, 4.69) is 11.0 Å². The minimum absolute atomic E-state index is 0.124. The Balaban J connectivity index is 1.76. The third-order valence-corrected chi connectivity index (χ3v) is 7.89. The normalized spacial score (nSPS) is 16.5. The lowest BCUT2D eigenvalue weighted by Gasteiger charge is -2.32. The SMILES string of the molecule is COc1cc(C(=O)N(CCCN2CCN([S+](C)(=O)O)CC2)C/C(C)=C/c2ccccc2)cc(OC)c1OC. The van der Waals surface area contributed by atoms with E-state index in [4.69, 9.17) is 14.2 Å². The van der Waals surface area contributed by atoms with Crippen LogP contribution in [0.15, 0.2) is 48.0 Å². The van der Waals surface area contributed by atoms with Crippen molar-refractivity contribution in [2.24, 2.45) is 0 Å². The van der Waals surface area contributed by atoms with Gasteiger partial charge in [-0.3, -0.25) is 4.79 Å². The molecule has 0 aromatic heterocycles. The van der Waals surface area contributed by atoms with Crippen molar-refractivity contribution in [3.05, 3.63) is 59.2 Å². The fourth-order valence-corrected chi connectivity index (χ4v) is 5.44. The second-order valence-corrected chi connectivity index (χ2v) is 11.5. The van der Waals surface area contributed by atoms with Crippen LogP contribution in [0.25, 0.3) is 6.08 Å². The predicted molar refractivity (Wildman–Crippen MR) is 151 cm³/mol. The van der Waals surface area contributed by atoms with Crippen LogP contribution in [0.1, 0.15) is 29.3 Å². The number of carbonyl (C=O) groups excluding carboxylic acids is 1. The zero-order valence-electron chi connectivity index (χ0n) is 23.0. The molecule has 208 valence electrons. The molecule has 0 spiro atoms. The molecule has 1 saturated heterocycles. The van der Waals surface area contributed by atoms with Gasteiger partial charge in [-0.25, -0.2) is 0 Å². The number of benzene rings is 2. The highest BCUT2D eigenvalue weighted by molar-refractivity contribution is 7.94. The molecule has 10 heteroatoms. The van der Waals surface area contributed by atoms with Gasteiger partial charge in [0.1, 0.15) is 0 Å². The van der Waals surface area contributed by atoms with Crippen molar-refractivity contribution < 1.29 is 27.8 Å². The quantitative estimate of drug-likeness (QED) is 0.405. The molecule has 0 saturated carbocycles. The van der Waals surface area contributed by atoms with E-state index >= 15 is 0 Å². The summed E-state index contributed by atoms with van der Waals surface area (Å²) in [6, 6.07) is 13.4. The minimum atomic E-state index is -2.91. The Morgan fingerprint density at radius 1 is 1.03 bits per heavy atom. The number of ether oxygens (including phenoxy) is 3. The fourth-order valence-electron chi connectivity index (χ4n) is 4.60. The van der Waals surface area contributed by atoms with E-state index in [1.807, 2.05) is 42.2 Å². The first kappa shape index (κ1) is 29.6. The highest BCUT2D eigenvalue weighted by Gasteiger charge is 2.32. The summed E-state index contributed by atoms with van der Waals surface area (Å²) in [4.78, 5) is 17.9. The first-order chi connectivity index (χ1) is 18.2. The van der Waals surface area contributed by atoms with Crippen LogP contribution in [0.3, 0.4) is 0 Å². The van der Waals surface area contributed by atoms with Crippen molar-refractivity contribution in [2.75, 3.05) is 73.4 Å². The standard InChI is InChI=1S/C28H39N3O6S/c1-22(18-23-10-7-6-8-11-23)21-30(13-9-12-29-14-16-31(17-15-29)38(5,33)34)28(32)24-19-25(35-2)27(37-4)26(20-24)36-3/h6-8,10-11,18-20H,9,12-17,21H2,1-5H3/p+1/b22-18+. The summed E-state index contributed by atoms with van der Waals surface area (Å²) in [5.41, 5.74) is 2.60. The van der Waals surface area contributed by atoms with Gasteiger partial charge in [-0.05, 0) is 41.8 Å². The Morgan fingerprint density at radius 2 is 1.63 bits per heavy atom. The Hall–Kier alpha value is -2.92. The third kappa shape index (κ3) is 8.04. The van der Waals surface area contributed by atoms with Gasteiger partial charge >= 0.3 is 0 Å². The Bertz CT molecular complexity index is 1120. The molecule has 38 heavy (non-hydrogen) atoms. The zero-order valence-corrected chi connectivity index (χ0v) is 23.8. The van der Waals surface area contributed by atoms with E-state index in [9.17, 15) is 13.6 Å². The number of nitrogens with zero attached hydrogens (tertiary/aromatic N) is 3. The summed E-state index contributed by atoms with van der Waals surface area (Å²) < 4.78 is 39.7. The van der Waals surface area contributed by atoms with Crippen molar-refractivity contribution in [3.8, 4) is 17.2 Å². The molecule has 2 aromatic carbocycles. The van der Waals surface area contributed by atoms with Crippen LogP contribution in [-0.2, 0) is 14.6 Å². The minimum Gasteiger partial charge on any atom is -0.493 e. The summed E-state index contributed by atoms with van der Waals surface area (Å²) in [6.07, 6.45) is 4.22. The van der Waals surface area contributed by atoms with Crippen molar-refractivity contribution in [2.45, 2.75) is 13.3 Å². The topological polar surface area (TPSA) is 91.8 Å². The van der Waals surface area contributed by atoms with E-state index in [1.54, 1.807) is 16.4 Å². The highest BCUT2D eigenvalue weighted by Crippen LogP contribution is 2.38. The average molecular weight is 547 g/mol. The van der Waals surface area contributed by atoms with Gasteiger partial charge in [0.05, 0.1) is 34.4 Å². The van der Waals surface area contributed by atoms with Crippen molar-refractivity contribution in [1.29, 1.82) is 0 Å². The number of hydrogen-bond donors (Lipinski definition) is 1. The largest absolute Gasteiger partial charge is 0.493 e. The van der Waals surface area contributed by atoms with Gasteiger partial charge in [-0.1, -0.05) is 46.3 Å². The Kier molecular flexibility index (Phi) is 10.7. The molecule has 1 heterocycles. The van der Waals surface area contributed by atoms with Crippen molar-refractivity contribution >= 4 is 22.4 Å². The van der Waals surface area contributed by atoms with E-state index in [0.29, 0.717) is 49.0 Å². The fraction of sp³-hybridized carbons (Fsp3) is 0.464. The number of rotatable bonds is 12. The van der Waals surface area contributed by atoms with Gasteiger partial charge < -0.3 is 24.0 Å². The van der Waals surface area contributed by atoms with E-state index in [-0.39, 0.29) is 5.91 Å². The maximum atomic E-state index is 13.8. The molecule has 3 rings (SSSR count). The van der Waals surface area contributed by atoms with Crippen LogP contribution >= 0.6 is 0 Å². The molecular formula is C28H40N3O6S+. The van der Waals surface area contributed by atoms with E-state index in [1.165, 1.54) is 27.6 Å². The molecule has 2 aromatic rings. The highest BCUT2D eigenvalue weighted by atomic mass is 32.3. The second kappa shape index (κ2) is 13.7. The summed E-state index contributed by atoms with van der Waals surface area (Å²) in [5, 5.41) is 0. The Labute approximate surface area is 227 Å². The number of carbonyl (C=O) groups is 1. The van der Waals surface area contributed by atoms with Gasteiger partial charge in [0.25, 0.3) is 16.3 Å². The number of methoxy groups -OCH3 is 3. The summed E-state index contributed by atoms with van der Waals surface area (Å²) in [6.45, 7) is 6.40. The van der Waals surface area contributed by atoms with Crippen molar-refractivity contribution in [1.82, 2.24) is 14.1 Å². The van der Waals surface area contributed by atoms with Crippen LogP contribution in [0, 0.1) is 0 Å². The van der Waals surface area contributed by atoms with Crippen LogP contribution in [-0.4, -0.2) is 98.0 Å². The van der Waals surface area contributed by atoms with Gasteiger partial charge in [0.2, 0.25) is 5.75 Å². The van der Waals surface area contributed by atoms with Gasteiger partial charge in [-0.15, -0.1) is 0 Å².